The molecule has 20 heavy (non-hydrogen) atoms. The fourth-order valence-corrected chi connectivity index (χ4v) is 1.72. The molecule has 6 nitrogen and oxygen atoms in total. The van der Waals surface area contributed by atoms with E-state index in [1.54, 1.807) is 0 Å². The topological polar surface area (TPSA) is 86.7 Å². The molecule has 0 N–H and O–H groups in total. The lowest BCUT2D eigenvalue weighted by atomic mass is 9.86. The molecule has 1 aliphatic rings. The van der Waals surface area contributed by atoms with Crippen LogP contribution in [0.15, 0.2) is 22.3 Å². The van der Waals surface area contributed by atoms with Crippen LogP contribution in [0, 0.1) is 0 Å². The van der Waals surface area contributed by atoms with Crippen molar-refractivity contribution in [2.24, 2.45) is 0 Å². The van der Waals surface area contributed by atoms with Gasteiger partial charge < -0.3 is 9.47 Å². The molecule has 108 valence electrons. The number of hydrogen-bond acceptors (Lipinski definition) is 6. The molecule has 0 aromatic carbocycles. The van der Waals surface area contributed by atoms with Crippen LogP contribution in [0.25, 0.3) is 0 Å². The van der Waals surface area contributed by atoms with Gasteiger partial charge in [0.05, 0.1) is 0 Å². The molecule has 0 radical (unpaired) electrons. The normalized spacial score (nSPS) is 15.6. The van der Waals surface area contributed by atoms with Crippen molar-refractivity contribution >= 4 is 23.5 Å². The maximum absolute atomic E-state index is 12.1. The molecule has 1 rings (SSSR count). The molecular weight excluding hydrogens is 264 g/mol. The Bertz CT molecular complexity index is 502. The van der Waals surface area contributed by atoms with Crippen molar-refractivity contribution in [2.45, 2.75) is 27.7 Å². The number of allylic oxidation sites excluding steroid dienone is 2. The molecule has 0 amide bonds. The zero-order chi connectivity index (χ0) is 15.4. The van der Waals surface area contributed by atoms with Gasteiger partial charge in [-0.3, -0.25) is 19.2 Å². The average Bonchev–Trinajstić information content (AvgIpc) is 2.37. The second-order valence-corrected chi connectivity index (χ2v) is 4.43. The molecule has 0 saturated heterocycles. The van der Waals surface area contributed by atoms with Crippen LogP contribution < -0.4 is 0 Å². The minimum atomic E-state index is -0.562. The van der Waals surface area contributed by atoms with Gasteiger partial charge in [-0.1, -0.05) is 0 Å². The van der Waals surface area contributed by atoms with Crippen molar-refractivity contribution in [3.05, 3.63) is 22.3 Å². The zero-order valence-electron chi connectivity index (χ0n) is 11.9. The Hall–Kier alpha value is -2.24. The van der Waals surface area contributed by atoms with E-state index in [2.05, 4.69) is 0 Å². The van der Waals surface area contributed by atoms with E-state index in [1.165, 1.54) is 27.7 Å². The van der Waals surface area contributed by atoms with Gasteiger partial charge in [0.1, 0.15) is 13.2 Å². The highest BCUT2D eigenvalue weighted by molar-refractivity contribution is 6.25. The van der Waals surface area contributed by atoms with Gasteiger partial charge in [0.2, 0.25) is 0 Å². The van der Waals surface area contributed by atoms with Crippen LogP contribution in [0.3, 0.4) is 0 Å². The van der Waals surface area contributed by atoms with Crippen molar-refractivity contribution < 1.29 is 28.7 Å². The highest BCUT2D eigenvalue weighted by atomic mass is 16.5. The summed E-state index contributed by atoms with van der Waals surface area (Å²) in [7, 11) is 0. The number of carbonyl (C=O) groups excluding carboxylic acids is 4. The SMILES string of the molecule is CC(=O)OCC1=C(COC(C)=O)C(=O)C(C)=C(C)C1=O. The molecule has 0 saturated carbocycles. The smallest absolute Gasteiger partial charge is 0.302 e. The number of hydrogen-bond donors (Lipinski definition) is 0. The van der Waals surface area contributed by atoms with Crippen LogP contribution in [0.4, 0.5) is 0 Å². The van der Waals surface area contributed by atoms with Crippen molar-refractivity contribution in [1.82, 2.24) is 0 Å². The van der Waals surface area contributed by atoms with E-state index < -0.39 is 11.9 Å². The second-order valence-electron chi connectivity index (χ2n) is 4.43. The molecule has 1 aliphatic carbocycles. The summed E-state index contributed by atoms with van der Waals surface area (Å²) in [6.45, 7) is 4.87. The predicted molar refractivity (Wildman–Crippen MR) is 68.7 cm³/mol. The standard InChI is InChI=1S/C14H16O6/c1-7-8(2)14(18)12(6-20-10(4)16)11(13(7)17)5-19-9(3)15/h5-6H2,1-4H3. The fraction of sp³-hybridized carbons (Fsp3) is 0.429. The Morgan fingerprint density at radius 2 is 1.10 bits per heavy atom. The molecule has 0 heterocycles. The molecule has 0 spiro atoms. The Balaban J connectivity index is 3.14. The maximum Gasteiger partial charge on any atom is 0.302 e. The van der Waals surface area contributed by atoms with E-state index in [4.69, 9.17) is 9.47 Å². The van der Waals surface area contributed by atoms with Crippen LogP contribution in [-0.2, 0) is 28.7 Å². The van der Waals surface area contributed by atoms with E-state index in [-0.39, 0.29) is 35.9 Å². The lowest BCUT2D eigenvalue weighted by molar-refractivity contribution is -0.142. The summed E-state index contributed by atoms with van der Waals surface area (Å²) in [4.78, 5) is 46.0. The molecule has 0 aromatic heterocycles. The van der Waals surface area contributed by atoms with Crippen molar-refractivity contribution in [2.75, 3.05) is 13.2 Å². The van der Waals surface area contributed by atoms with Gasteiger partial charge in [-0.25, -0.2) is 0 Å². The summed E-state index contributed by atoms with van der Waals surface area (Å²) >= 11 is 0. The maximum atomic E-state index is 12.1. The van der Waals surface area contributed by atoms with E-state index in [0.29, 0.717) is 11.1 Å². The summed E-state index contributed by atoms with van der Waals surface area (Å²) in [6.07, 6.45) is 0. The molecule has 0 bridgehead atoms. The van der Waals surface area contributed by atoms with Crippen LogP contribution in [0.1, 0.15) is 27.7 Å². The first-order chi connectivity index (χ1) is 9.25. The molecule has 0 aliphatic heterocycles. The minimum absolute atomic E-state index is 0.0644. The molecule has 0 fully saturated rings. The number of rotatable bonds is 4. The first-order valence-electron chi connectivity index (χ1n) is 6.01. The number of esters is 2. The molecule has 0 aromatic rings. The fourth-order valence-electron chi connectivity index (χ4n) is 1.72. The van der Waals surface area contributed by atoms with Gasteiger partial charge in [-0.2, -0.15) is 0 Å². The zero-order valence-corrected chi connectivity index (χ0v) is 11.9. The van der Waals surface area contributed by atoms with Crippen molar-refractivity contribution in [3.63, 3.8) is 0 Å². The summed E-state index contributed by atoms with van der Waals surface area (Å²) in [5.41, 5.74) is 0.747. The average molecular weight is 280 g/mol. The summed E-state index contributed by atoms with van der Waals surface area (Å²) < 4.78 is 9.58. The monoisotopic (exact) mass is 280 g/mol. The Morgan fingerprint density at radius 3 is 1.35 bits per heavy atom. The number of ether oxygens (including phenoxy) is 2. The van der Waals surface area contributed by atoms with Crippen LogP contribution in [0.2, 0.25) is 0 Å². The highest BCUT2D eigenvalue weighted by Gasteiger charge is 2.31. The number of Topliss-reactive ketones (excluding diaryl/α,β-unsaturated/α-hetero) is 2. The Morgan fingerprint density at radius 1 is 0.800 bits per heavy atom. The molecule has 0 atom stereocenters. The van der Waals surface area contributed by atoms with Crippen LogP contribution >= 0.6 is 0 Å². The third-order valence-electron chi connectivity index (χ3n) is 3.00. The van der Waals surface area contributed by atoms with Crippen LogP contribution in [-0.4, -0.2) is 36.7 Å². The summed E-state index contributed by atoms with van der Waals surface area (Å²) in [6, 6.07) is 0. The number of carbonyl (C=O) groups is 4. The van der Waals surface area contributed by atoms with E-state index in [1.807, 2.05) is 0 Å². The van der Waals surface area contributed by atoms with Gasteiger partial charge in [0, 0.05) is 36.1 Å². The largest absolute Gasteiger partial charge is 0.461 e. The highest BCUT2D eigenvalue weighted by Crippen LogP contribution is 2.25. The Kier molecular flexibility index (Phi) is 4.96. The number of ketones is 2. The minimum Gasteiger partial charge on any atom is -0.461 e. The Labute approximate surface area is 116 Å². The van der Waals surface area contributed by atoms with Gasteiger partial charge in [0.15, 0.2) is 11.6 Å². The van der Waals surface area contributed by atoms with Gasteiger partial charge >= 0.3 is 11.9 Å². The quantitative estimate of drug-likeness (QED) is 0.561. The van der Waals surface area contributed by atoms with Gasteiger partial charge in [-0.15, -0.1) is 0 Å². The lowest BCUT2D eigenvalue weighted by Crippen LogP contribution is -2.27. The predicted octanol–water partition coefficient (Wildman–Crippen LogP) is 0.897. The summed E-state index contributed by atoms with van der Waals surface area (Å²) in [5, 5.41) is 0. The van der Waals surface area contributed by atoms with Gasteiger partial charge in [-0.05, 0) is 13.8 Å². The first-order valence-corrected chi connectivity index (χ1v) is 6.01. The molecule has 6 heteroatoms. The lowest BCUT2D eigenvalue weighted by Gasteiger charge is -2.20. The van der Waals surface area contributed by atoms with Gasteiger partial charge in [0.25, 0.3) is 0 Å². The summed E-state index contributed by atoms with van der Waals surface area (Å²) in [5.74, 6) is -1.86. The third-order valence-corrected chi connectivity index (χ3v) is 3.00. The first kappa shape index (κ1) is 15.8. The van der Waals surface area contributed by atoms with E-state index in [0.717, 1.165) is 0 Å². The van der Waals surface area contributed by atoms with Crippen molar-refractivity contribution in [3.8, 4) is 0 Å². The van der Waals surface area contributed by atoms with E-state index >= 15 is 0 Å². The van der Waals surface area contributed by atoms with E-state index in [9.17, 15) is 19.2 Å². The van der Waals surface area contributed by atoms with Crippen molar-refractivity contribution in [1.29, 1.82) is 0 Å². The van der Waals surface area contributed by atoms with Crippen LogP contribution in [0.5, 0.6) is 0 Å². The molecule has 0 unspecified atom stereocenters. The second kappa shape index (κ2) is 6.27. The molecular formula is C14H16O6. The third kappa shape index (κ3) is 3.40.